The van der Waals surface area contributed by atoms with Crippen LogP contribution in [-0.2, 0) is 24.3 Å². The number of carbonyl (C=O) groups excluding carboxylic acids is 2. The van der Waals surface area contributed by atoms with Gasteiger partial charge in [0, 0.05) is 19.6 Å². The molecular formula is C18H24F2N2O5S. The summed E-state index contributed by atoms with van der Waals surface area (Å²) in [6, 6.07) is 2.24. The molecule has 10 heteroatoms. The van der Waals surface area contributed by atoms with E-state index in [4.69, 9.17) is 4.74 Å². The van der Waals surface area contributed by atoms with Crippen LogP contribution in [0.1, 0.15) is 26.7 Å². The van der Waals surface area contributed by atoms with E-state index in [0.29, 0.717) is 12.6 Å². The van der Waals surface area contributed by atoms with E-state index >= 15 is 0 Å². The van der Waals surface area contributed by atoms with Gasteiger partial charge in [-0.2, -0.15) is 4.31 Å². The number of nitrogens with one attached hydrogen (secondary N) is 1. The highest BCUT2D eigenvalue weighted by Crippen LogP contribution is 2.26. The second kappa shape index (κ2) is 9.42. The maximum absolute atomic E-state index is 13.8. The van der Waals surface area contributed by atoms with Gasteiger partial charge in [-0.1, -0.05) is 13.8 Å². The molecule has 0 spiro atoms. The normalized spacial score (nSPS) is 16.2. The summed E-state index contributed by atoms with van der Waals surface area (Å²) in [5, 5.41) is 2.63. The Morgan fingerprint density at radius 1 is 1.25 bits per heavy atom. The average molecular weight is 418 g/mol. The molecule has 1 aromatic rings. The SMILES string of the molecule is CC(C)CNC(=O)COC(=O)C1CCN(S(=O)(=O)c2cc(F)ccc2F)CC1. The van der Waals surface area contributed by atoms with Crippen molar-refractivity contribution in [2.45, 2.75) is 31.6 Å². The van der Waals surface area contributed by atoms with E-state index in [1.807, 2.05) is 13.8 Å². The fourth-order valence-corrected chi connectivity index (χ4v) is 4.32. The third kappa shape index (κ3) is 5.71. The first-order valence-electron chi connectivity index (χ1n) is 8.99. The predicted octanol–water partition coefficient (Wildman–Crippen LogP) is 1.68. The molecule has 1 N–H and O–H groups in total. The quantitative estimate of drug-likeness (QED) is 0.680. The van der Waals surface area contributed by atoms with Crippen LogP contribution in [0.3, 0.4) is 0 Å². The Kier molecular flexibility index (Phi) is 7.48. The molecule has 0 atom stereocenters. The second-order valence-electron chi connectivity index (χ2n) is 7.06. The summed E-state index contributed by atoms with van der Waals surface area (Å²) in [6.07, 6.45) is 0.339. The number of piperidine rings is 1. The molecule has 28 heavy (non-hydrogen) atoms. The van der Waals surface area contributed by atoms with Crippen LogP contribution in [0.5, 0.6) is 0 Å². The Balaban J connectivity index is 1.89. The molecule has 1 aromatic carbocycles. The number of halogens is 2. The summed E-state index contributed by atoms with van der Waals surface area (Å²) in [5.74, 6) is -3.14. The van der Waals surface area contributed by atoms with Crippen molar-refractivity contribution in [2.24, 2.45) is 11.8 Å². The first kappa shape index (κ1) is 22.2. The molecule has 0 aromatic heterocycles. The van der Waals surface area contributed by atoms with Crippen molar-refractivity contribution in [1.29, 1.82) is 0 Å². The number of hydrogen-bond donors (Lipinski definition) is 1. The summed E-state index contributed by atoms with van der Waals surface area (Å²) >= 11 is 0. The van der Waals surface area contributed by atoms with Gasteiger partial charge in [-0.15, -0.1) is 0 Å². The number of hydrogen-bond acceptors (Lipinski definition) is 5. The summed E-state index contributed by atoms with van der Waals surface area (Å²) in [6.45, 7) is 3.89. The van der Waals surface area contributed by atoms with Crippen LogP contribution in [0.25, 0.3) is 0 Å². The Morgan fingerprint density at radius 2 is 1.89 bits per heavy atom. The third-order valence-electron chi connectivity index (χ3n) is 4.35. The predicted molar refractivity (Wildman–Crippen MR) is 96.6 cm³/mol. The van der Waals surface area contributed by atoms with Crippen LogP contribution in [0.2, 0.25) is 0 Å². The lowest BCUT2D eigenvalue weighted by molar-refractivity contribution is -0.153. The molecule has 7 nitrogen and oxygen atoms in total. The minimum Gasteiger partial charge on any atom is -0.455 e. The van der Waals surface area contributed by atoms with Gasteiger partial charge in [0.05, 0.1) is 5.92 Å². The molecule has 1 aliphatic rings. The monoisotopic (exact) mass is 418 g/mol. The Morgan fingerprint density at radius 3 is 2.50 bits per heavy atom. The largest absolute Gasteiger partial charge is 0.455 e. The van der Waals surface area contributed by atoms with E-state index in [1.165, 1.54) is 0 Å². The number of amides is 1. The molecular weight excluding hydrogens is 394 g/mol. The fraction of sp³-hybridized carbons (Fsp3) is 0.556. The number of esters is 1. The third-order valence-corrected chi connectivity index (χ3v) is 6.26. The van der Waals surface area contributed by atoms with Crippen molar-refractivity contribution < 1.29 is 31.5 Å². The van der Waals surface area contributed by atoms with Crippen molar-refractivity contribution in [3.63, 3.8) is 0 Å². The number of benzene rings is 1. The molecule has 0 saturated carbocycles. The fourth-order valence-electron chi connectivity index (χ4n) is 2.77. The molecule has 0 unspecified atom stereocenters. The van der Waals surface area contributed by atoms with Crippen LogP contribution in [0.4, 0.5) is 8.78 Å². The molecule has 0 aliphatic carbocycles. The zero-order chi connectivity index (χ0) is 20.9. The van der Waals surface area contributed by atoms with E-state index in [0.717, 1.165) is 16.4 Å². The second-order valence-corrected chi connectivity index (χ2v) is 8.97. The van der Waals surface area contributed by atoms with Crippen LogP contribution < -0.4 is 5.32 Å². The summed E-state index contributed by atoms with van der Waals surface area (Å²) in [4.78, 5) is 23.0. The van der Waals surface area contributed by atoms with Crippen LogP contribution in [0, 0.1) is 23.5 Å². The average Bonchev–Trinajstić information content (AvgIpc) is 2.66. The lowest BCUT2D eigenvalue weighted by Gasteiger charge is -2.30. The maximum atomic E-state index is 13.8. The molecule has 0 radical (unpaired) electrons. The van der Waals surface area contributed by atoms with Crippen molar-refractivity contribution in [3.05, 3.63) is 29.8 Å². The molecule has 156 valence electrons. The zero-order valence-corrected chi connectivity index (χ0v) is 16.6. The smallest absolute Gasteiger partial charge is 0.309 e. The van der Waals surface area contributed by atoms with Crippen molar-refractivity contribution in [2.75, 3.05) is 26.2 Å². The van der Waals surface area contributed by atoms with Gasteiger partial charge in [-0.25, -0.2) is 17.2 Å². The standard InChI is InChI=1S/C18H24F2N2O5S/c1-12(2)10-21-17(23)11-27-18(24)13-5-7-22(8-6-13)28(25,26)16-9-14(19)3-4-15(16)20/h3-4,9,12-13H,5-8,10-11H2,1-2H3,(H,21,23). The minimum absolute atomic E-state index is 0.0302. The van der Waals surface area contributed by atoms with Gasteiger partial charge in [0.1, 0.15) is 16.5 Å². The molecule has 1 aliphatic heterocycles. The van der Waals surface area contributed by atoms with E-state index in [1.54, 1.807) is 0 Å². The number of carbonyl (C=O) groups is 2. The summed E-state index contributed by atoms with van der Waals surface area (Å²) in [7, 11) is -4.20. The zero-order valence-electron chi connectivity index (χ0n) is 15.8. The van der Waals surface area contributed by atoms with E-state index < -0.39 is 51.0 Å². The van der Waals surface area contributed by atoms with E-state index in [2.05, 4.69) is 5.32 Å². The molecule has 1 fully saturated rings. The molecule has 1 amide bonds. The number of nitrogens with zero attached hydrogens (tertiary/aromatic N) is 1. The Hall–Kier alpha value is -2.07. The lowest BCUT2D eigenvalue weighted by atomic mass is 9.98. The summed E-state index contributed by atoms with van der Waals surface area (Å²) in [5.41, 5.74) is 0. The number of sulfonamides is 1. The van der Waals surface area contributed by atoms with Crippen molar-refractivity contribution in [1.82, 2.24) is 9.62 Å². The van der Waals surface area contributed by atoms with Crippen molar-refractivity contribution in [3.8, 4) is 0 Å². The van der Waals surface area contributed by atoms with E-state index in [9.17, 15) is 26.8 Å². The molecule has 2 rings (SSSR count). The highest BCUT2D eigenvalue weighted by Gasteiger charge is 2.34. The van der Waals surface area contributed by atoms with Crippen LogP contribution >= 0.6 is 0 Å². The molecule has 1 heterocycles. The highest BCUT2D eigenvalue weighted by molar-refractivity contribution is 7.89. The number of rotatable bonds is 7. The maximum Gasteiger partial charge on any atom is 0.309 e. The van der Waals surface area contributed by atoms with Gasteiger partial charge in [0.25, 0.3) is 5.91 Å². The minimum atomic E-state index is -4.20. The Labute approximate surface area is 163 Å². The molecule has 1 saturated heterocycles. The highest BCUT2D eigenvalue weighted by atomic mass is 32.2. The topological polar surface area (TPSA) is 92.8 Å². The van der Waals surface area contributed by atoms with Gasteiger partial charge in [-0.3, -0.25) is 9.59 Å². The molecule has 0 bridgehead atoms. The summed E-state index contributed by atoms with van der Waals surface area (Å²) < 4.78 is 58.2. The van der Waals surface area contributed by atoms with Crippen LogP contribution in [0.15, 0.2) is 23.1 Å². The lowest BCUT2D eigenvalue weighted by Crippen LogP contribution is -2.41. The van der Waals surface area contributed by atoms with Gasteiger partial charge in [-0.05, 0) is 37.0 Å². The van der Waals surface area contributed by atoms with Gasteiger partial charge < -0.3 is 10.1 Å². The van der Waals surface area contributed by atoms with Crippen LogP contribution in [-0.4, -0.2) is 50.8 Å². The van der Waals surface area contributed by atoms with E-state index in [-0.39, 0.29) is 31.8 Å². The first-order valence-corrected chi connectivity index (χ1v) is 10.4. The number of ether oxygens (including phenoxy) is 1. The van der Waals surface area contributed by atoms with Gasteiger partial charge in [0.15, 0.2) is 6.61 Å². The Bertz CT molecular complexity index is 821. The van der Waals surface area contributed by atoms with Crippen molar-refractivity contribution >= 4 is 21.9 Å². The van der Waals surface area contributed by atoms with Gasteiger partial charge >= 0.3 is 5.97 Å². The van der Waals surface area contributed by atoms with Gasteiger partial charge in [0.2, 0.25) is 10.0 Å². The first-order chi connectivity index (χ1) is 13.1.